The lowest BCUT2D eigenvalue weighted by atomic mass is 10.0. The molecule has 1 aliphatic rings. The van der Waals surface area contributed by atoms with Crippen molar-refractivity contribution in [2.75, 3.05) is 13.1 Å². The molecule has 1 aliphatic heterocycles. The van der Waals surface area contributed by atoms with Crippen LogP contribution in [0.1, 0.15) is 43.5 Å². The minimum atomic E-state index is 0.490. The van der Waals surface area contributed by atoms with Crippen molar-refractivity contribution in [3.63, 3.8) is 0 Å². The Kier molecular flexibility index (Phi) is 6.87. The van der Waals surface area contributed by atoms with Crippen LogP contribution in [0.5, 0.6) is 0 Å². The van der Waals surface area contributed by atoms with E-state index in [1.165, 1.54) is 37.1 Å². The molecule has 1 atom stereocenters. The van der Waals surface area contributed by atoms with E-state index < -0.39 is 0 Å². The normalized spacial score (nSPS) is 15.4. The summed E-state index contributed by atoms with van der Waals surface area (Å²) in [7, 11) is 0. The van der Waals surface area contributed by atoms with Gasteiger partial charge in [-0.25, -0.2) is 4.98 Å². The number of aromatic nitrogens is 1. The Bertz CT molecular complexity index is 1090. The monoisotopic (exact) mass is 426 g/mol. The summed E-state index contributed by atoms with van der Waals surface area (Å²) < 4.78 is 0. The molecule has 1 fully saturated rings. The Morgan fingerprint density at radius 3 is 2.26 bits per heavy atom. The zero-order valence-corrected chi connectivity index (χ0v) is 18.9. The highest BCUT2D eigenvalue weighted by Gasteiger charge is 2.16. The van der Waals surface area contributed by atoms with Crippen molar-refractivity contribution < 1.29 is 0 Å². The molecule has 156 valence electrons. The number of halogens is 1. The molecule has 0 aliphatic carbocycles. The van der Waals surface area contributed by atoms with Gasteiger partial charge in [0.15, 0.2) is 0 Å². The highest BCUT2D eigenvalue weighted by Crippen LogP contribution is 2.21. The van der Waals surface area contributed by atoms with Crippen LogP contribution in [0.15, 0.2) is 72.9 Å². The molecule has 0 radical (unpaired) electrons. The van der Waals surface area contributed by atoms with Crippen LogP contribution >= 0.6 is 11.6 Å². The largest absolute Gasteiger partial charge is 0.297 e. The number of hydrogen-bond donors (Lipinski definition) is 0. The lowest BCUT2D eigenvalue weighted by molar-refractivity contribution is 0.300. The maximum atomic E-state index is 5.96. The van der Waals surface area contributed by atoms with Crippen molar-refractivity contribution in [2.24, 2.45) is 0 Å². The zero-order chi connectivity index (χ0) is 21.6. The SMILES string of the molecule is CC(=CC(C)N1CCCC1)c1ccc(C#Cc2ccc(-c3ccc(Cl)cc3)cn2)cc1. The fraction of sp³-hybridized carbons (Fsp3) is 0.250. The molecule has 0 N–H and O–H groups in total. The van der Waals surface area contributed by atoms with Gasteiger partial charge in [0.1, 0.15) is 5.69 Å². The molecule has 4 rings (SSSR count). The first-order chi connectivity index (χ1) is 15.1. The van der Waals surface area contributed by atoms with Crippen molar-refractivity contribution in [1.82, 2.24) is 9.88 Å². The summed E-state index contributed by atoms with van der Waals surface area (Å²) in [6, 6.07) is 20.7. The summed E-state index contributed by atoms with van der Waals surface area (Å²) in [5.74, 6) is 6.38. The fourth-order valence-electron chi connectivity index (χ4n) is 3.95. The van der Waals surface area contributed by atoms with Gasteiger partial charge in [0.05, 0.1) is 0 Å². The molecule has 1 unspecified atom stereocenters. The Balaban J connectivity index is 1.42. The summed E-state index contributed by atoms with van der Waals surface area (Å²) in [5, 5.41) is 0.733. The van der Waals surface area contributed by atoms with Crippen LogP contribution in [0.4, 0.5) is 0 Å². The van der Waals surface area contributed by atoms with E-state index >= 15 is 0 Å². The summed E-state index contributed by atoms with van der Waals surface area (Å²) in [5.41, 5.74) is 6.47. The maximum absolute atomic E-state index is 5.96. The predicted octanol–water partition coefficient (Wildman–Crippen LogP) is 6.69. The van der Waals surface area contributed by atoms with E-state index in [2.05, 4.69) is 65.9 Å². The number of allylic oxidation sites excluding steroid dienone is 1. The number of benzene rings is 2. The van der Waals surface area contributed by atoms with Gasteiger partial charge in [-0.2, -0.15) is 0 Å². The van der Waals surface area contributed by atoms with Gasteiger partial charge in [-0.15, -0.1) is 0 Å². The summed E-state index contributed by atoms with van der Waals surface area (Å²) in [6.45, 7) is 6.92. The molecular weight excluding hydrogens is 400 g/mol. The number of pyridine rings is 1. The molecule has 31 heavy (non-hydrogen) atoms. The first kappa shape index (κ1) is 21.4. The summed E-state index contributed by atoms with van der Waals surface area (Å²) in [6.07, 6.45) is 6.87. The van der Waals surface area contributed by atoms with Gasteiger partial charge in [-0.3, -0.25) is 4.90 Å². The molecule has 1 saturated heterocycles. The lowest BCUT2D eigenvalue weighted by Gasteiger charge is -2.21. The molecular formula is C28H27ClN2. The minimum absolute atomic E-state index is 0.490. The van der Waals surface area contributed by atoms with Crippen LogP contribution < -0.4 is 0 Å². The summed E-state index contributed by atoms with van der Waals surface area (Å²) >= 11 is 5.96. The van der Waals surface area contributed by atoms with Gasteiger partial charge >= 0.3 is 0 Å². The lowest BCUT2D eigenvalue weighted by Crippen LogP contribution is -2.28. The minimum Gasteiger partial charge on any atom is -0.297 e. The first-order valence-electron chi connectivity index (χ1n) is 10.9. The molecule has 2 nitrogen and oxygen atoms in total. The smallest absolute Gasteiger partial charge is 0.113 e. The fourth-order valence-corrected chi connectivity index (χ4v) is 4.07. The maximum Gasteiger partial charge on any atom is 0.113 e. The third-order valence-corrected chi connectivity index (χ3v) is 6.08. The highest BCUT2D eigenvalue weighted by atomic mass is 35.5. The molecule has 2 heterocycles. The predicted molar refractivity (Wildman–Crippen MR) is 131 cm³/mol. The summed E-state index contributed by atoms with van der Waals surface area (Å²) in [4.78, 5) is 7.04. The van der Waals surface area contributed by atoms with Crippen molar-refractivity contribution in [2.45, 2.75) is 32.7 Å². The van der Waals surface area contributed by atoms with Crippen LogP contribution in [-0.2, 0) is 0 Å². The second-order valence-corrected chi connectivity index (χ2v) is 8.54. The van der Waals surface area contributed by atoms with E-state index in [1.54, 1.807) is 0 Å². The van der Waals surface area contributed by atoms with Gasteiger partial charge in [0.25, 0.3) is 0 Å². The topological polar surface area (TPSA) is 16.1 Å². The van der Waals surface area contributed by atoms with E-state index in [0.717, 1.165) is 27.4 Å². The number of hydrogen-bond acceptors (Lipinski definition) is 2. The zero-order valence-electron chi connectivity index (χ0n) is 18.1. The van der Waals surface area contributed by atoms with E-state index in [4.69, 9.17) is 11.6 Å². The van der Waals surface area contributed by atoms with Crippen molar-refractivity contribution in [3.05, 3.63) is 94.8 Å². The van der Waals surface area contributed by atoms with Crippen molar-refractivity contribution in [3.8, 4) is 23.0 Å². The van der Waals surface area contributed by atoms with Gasteiger partial charge in [0.2, 0.25) is 0 Å². The van der Waals surface area contributed by atoms with Crippen LogP contribution in [0.2, 0.25) is 5.02 Å². The Morgan fingerprint density at radius 2 is 1.61 bits per heavy atom. The Hall–Kier alpha value is -2.86. The van der Waals surface area contributed by atoms with Gasteiger partial charge in [-0.05, 0) is 92.7 Å². The third-order valence-electron chi connectivity index (χ3n) is 5.82. The van der Waals surface area contributed by atoms with Crippen LogP contribution in [-0.4, -0.2) is 29.0 Å². The van der Waals surface area contributed by atoms with E-state index in [9.17, 15) is 0 Å². The quantitative estimate of drug-likeness (QED) is 0.432. The van der Waals surface area contributed by atoms with Crippen LogP contribution in [0.3, 0.4) is 0 Å². The van der Waals surface area contributed by atoms with E-state index in [1.807, 2.05) is 42.6 Å². The molecule has 1 aromatic heterocycles. The standard InChI is InChI=1S/C28H27ClN2/c1-21(19-22(2)31-17-3-4-18-31)24-8-5-23(6-9-24)7-15-28-16-12-26(20-30-28)25-10-13-27(29)14-11-25/h5-6,8-14,16,19-20,22H,3-4,17-18H2,1-2H3. The van der Waals surface area contributed by atoms with Gasteiger partial charge in [-0.1, -0.05) is 53.9 Å². The van der Waals surface area contributed by atoms with Gasteiger partial charge in [0, 0.05) is 28.4 Å². The highest BCUT2D eigenvalue weighted by molar-refractivity contribution is 6.30. The number of rotatable bonds is 4. The third kappa shape index (κ3) is 5.64. The van der Waals surface area contributed by atoms with Crippen molar-refractivity contribution in [1.29, 1.82) is 0 Å². The first-order valence-corrected chi connectivity index (χ1v) is 11.2. The molecule has 0 saturated carbocycles. The Labute approximate surface area is 190 Å². The second-order valence-electron chi connectivity index (χ2n) is 8.10. The second kappa shape index (κ2) is 9.96. The molecule has 0 bridgehead atoms. The van der Waals surface area contributed by atoms with Crippen LogP contribution in [0, 0.1) is 11.8 Å². The van der Waals surface area contributed by atoms with E-state index in [-0.39, 0.29) is 0 Å². The molecule has 0 spiro atoms. The number of nitrogens with zero attached hydrogens (tertiary/aromatic N) is 2. The molecule has 2 aromatic carbocycles. The van der Waals surface area contributed by atoms with Gasteiger partial charge < -0.3 is 0 Å². The van der Waals surface area contributed by atoms with Crippen molar-refractivity contribution >= 4 is 17.2 Å². The molecule has 0 amide bonds. The molecule has 3 aromatic rings. The number of likely N-dealkylation sites (tertiary alicyclic amines) is 1. The average molecular weight is 427 g/mol. The average Bonchev–Trinajstić information content (AvgIpc) is 3.34. The van der Waals surface area contributed by atoms with E-state index in [0.29, 0.717) is 6.04 Å². The van der Waals surface area contributed by atoms with Crippen LogP contribution in [0.25, 0.3) is 16.7 Å². The Morgan fingerprint density at radius 1 is 0.935 bits per heavy atom. The molecule has 3 heteroatoms.